The van der Waals surface area contributed by atoms with Crippen LogP contribution >= 0.6 is 11.8 Å². The molecule has 0 unspecified atom stereocenters. The first-order valence-electron chi connectivity index (χ1n) is 5.53. The van der Waals surface area contributed by atoms with Gasteiger partial charge in [0.15, 0.2) is 0 Å². The Morgan fingerprint density at radius 3 is 2.73 bits per heavy atom. The Bertz CT molecular complexity index is 254. The van der Waals surface area contributed by atoms with E-state index >= 15 is 0 Å². The molecular weight excluding hydrogens is 206 g/mol. The van der Waals surface area contributed by atoms with E-state index in [0.29, 0.717) is 11.6 Å². The normalized spacial score (nSPS) is 17.8. The Kier molecular flexibility index (Phi) is 5.54. The second-order valence-corrected chi connectivity index (χ2v) is 4.83. The summed E-state index contributed by atoms with van der Waals surface area (Å²) < 4.78 is 0. The van der Waals surface area contributed by atoms with Crippen molar-refractivity contribution in [1.29, 1.82) is 0 Å². The van der Waals surface area contributed by atoms with Crippen LogP contribution in [0.15, 0.2) is 23.6 Å². The number of amides is 1. The third-order valence-corrected chi connectivity index (χ3v) is 3.30. The zero-order chi connectivity index (χ0) is 11.1. The lowest BCUT2D eigenvalue weighted by Gasteiger charge is -2.11. The van der Waals surface area contributed by atoms with Crippen molar-refractivity contribution < 1.29 is 4.79 Å². The van der Waals surface area contributed by atoms with Crippen molar-refractivity contribution in [1.82, 2.24) is 5.32 Å². The molecule has 84 valence electrons. The molecule has 0 bridgehead atoms. The summed E-state index contributed by atoms with van der Waals surface area (Å²) in [5, 5.41) is 4.93. The average molecular weight is 225 g/mol. The van der Waals surface area contributed by atoms with E-state index < -0.39 is 0 Å². The number of rotatable bonds is 5. The fourth-order valence-electron chi connectivity index (χ4n) is 1.71. The Morgan fingerprint density at radius 1 is 1.53 bits per heavy atom. The molecule has 0 aromatic heterocycles. The van der Waals surface area contributed by atoms with Gasteiger partial charge in [-0.25, -0.2) is 0 Å². The Morgan fingerprint density at radius 2 is 2.20 bits per heavy atom. The maximum Gasteiger partial charge on any atom is 0.251 e. The van der Waals surface area contributed by atoms with Crippen LogP contribution in [0.5, 0.6) is 0 Å². The van der Waals surface area contributed by atoms with E-state index in [0.717, 1.165) is 18.6 Å². The summed E-state index contributed by atoms with van der Waals surface area (Å²) in [5.74, 6) is 1.01. The lowest BCUT2D eigenvalue weighted by Crippen LogP contribution is -2.33. The first-order chi connectivity index (χ1) is 7.27. The summed E-state index contributed by atoms with van der Waals surface area (Å²) in [4.78, 5) is 11.8. The molecular formula is C12H19NOS. The van der Waals surface area contributed by atoms with Crippen LogP contribution < -0.4 is 5.32 Å². The number of nitrogens with one attached hydrogen (secondary N) is 1. The van der Waals surface area contributed by atoms with Gasteiger partial charge in [-0.15, -0.1) is 11.8 Å². The molecule has 2 nitrogen and oxygen atoms in total. The molecule has 0 atom stereocenters. The Hall–Kier alpha value is -0.700. The van der Waals surface area contributed by atoms with E-state index in [2.05, 4.69) is 18.8 Å². The van der Waals surface area contributed by atoms with Gasteiger partial charge in [-0.05, 0) is 24.0 Å². The summed E-state index contributed by atoms with van der Waals surface area (Å²) >= 11 is 1.63. The topological polar surface area (TPSA) is 29.1 Å². The summed E-state index contributed by atoms with van der Waals surface area (Å²) in [6, 6.07) is 0.382. The van der Waals surface area contributed by atoms with Crippen LogP contribution in [-0.4, -0.2) is 17.7 Å². The predicted molar refractivity (Wildman–Crippen MR) is 66.8 cm³/mol. The van der Waals surface area contributed by atoms with Crippen LogP contribution in [0.25, 0.3) is 0 Å². The van der Waals surface area contributed by atoms with Crippen LogP contribution in [0.2, 0.25) is 0 Å². The van der Waals surface area contributed by atoms with Gasteiger partial charge < -0.3 is 5.32 Å². The van der Waals surface area contributed by atoms with Crippen molar-refractivity contribution in [2.45, 2.75) is 38.6 Å². The second kappa shape index (κ2) is 6.72. The zero-order valence-corrected chi connectivity index (χ0v) is 10.1. The van der Waals surface area contributed by atoms with E-state index in [-0.39, 0.29) is 5.91 Å². The van der Waals surface area contributed by atoms with Gasteiger partial charge in [-0.3, -0.25) is 4.79 Å². The minimum atomic E-state index is 0.0258. The fraction of sp³-hybridized carbons (Fsp3) is 0.583. The molecule has 0 heterocycles. The Labute approximate surface area is 96.2 Å². The highest BCUT2D eigenvalue weighted by molar-refractivity contribution is 8.02. The minimum absolute atomic E-state index is 0.0258. The SMILES string of the molecule is C=C/C(=C\SCC)C(=O)NC1CCCC1. The highest BCUT2D eigenvalue weighted by Gasteiger charge is 2.17. The number of carbonyl (C=O) groups is 1. The lowest BCUT2D eigenvalue weighted by molar-refractivity contribution is -0.117. The van der Waals surface area contributed by atoms with Crippen LogP contribution in [0.3, 0.4) is 0 Å². The van der Waals surface area contributed by atoms with Gasteiger partial charge in [-0.2, -0.15) is 0 Å². The van der Waals surface area contributed by atoms with Crippen molar-refractivity contribution in [3.63, 3.8) is 0 Å². The van der Waals surface area contributed by atoms with E-state index in [1.165, 1.54) is 12.8 Å². The summed E-state index contributed by atoms with van der Waals surface area (Å²) in [7, 11) is 0. The van der Waals surface area contributed by atoms with Gasteiger partial charge in [0, 0.05) is 11.6 Å². The van der Waals surface area contributed by atoms with Crippen LogP contribution in [0.1, 0.15) is 32.6 Å². The van der Waals surface area contributed by atoms with Crippen molar-refractivity contribution in [2.75, 3.05) is 5.75 Å². The molecule has 15 heavy (non-hydrogen) atoms. The van der Waals surface area contributed by atoms with Crippen molar-refractivity contribution in [3.8, 4) is 0 Å². The first-order valence-corrected chi connectivity index (χ1v) is 6.58. The molecule has 1 aliphatic rings. The third kappa shape index (κ3) is 4.12. The third-order valence-electron chi connectivity index (χ3n) is 2.55. The first kappa shape index (κ1) is 12.4. The van der Waals surface area contributed by atoms with E-state index in [9.17, 15) is 4.79 Å². The highest BCUT2D eigenvalue weighted by atomic mass is 32.2. The fourth-order valence-corrected chi connectivity index (χ4v) is 2.26. The van der Waals surface area contributed by atoms with E-state index in [1.54, 1.807) is 17.8 Å². The smallest absolute Gasteiger partial charge is 0.251 e. The maximum absolute atomic E-state index is 11.8. The molecule has 3 heteroatoms. The monoisotopic (exact) mass is 225 g/mol. The van der Waals surface area contributed by atoms with Crippen LogP contribution in [0, 0.1) is 0 Å². The van der Waals surface area contributed by atoms with Gasteiger partial charge in [0.1, 0.15) is 0 Å². The number of hydrogen-bond donors (Lipinski definition) is 1. The predicted octanol–water partition coefficient (Wildman–Crippen LogP) is 2.87. The van der Waals surface area contributed by atoms with Crippen molar-refractivity contribution in [3.05, 3.63) is 23.6 Å². The molecule has 0 saturated heterocycles. The van der Waals surface area contributed by atoms with Crippen molar-refractivity contribution >= 4 is 17.7 Å². The van der Waals surface area contributed by atoms with Gasteiger partial charge in [0.05, 0.1) is 0 Å². The number of hydrogen-bond acceptors (Lipinski definition) is 2. The Balaban J connectivity index is 2.45. The largest absolute Gasteiger partial charge is 0.349 e. The quantitative estimate of drug-likeness (QED) is 0.576. The number of carbonyl (C=O) groups excluding carboxylic acids is 1. The minimum Gasteiger partial charge on any atom is -0.349 e. The molecule has 0 aromatic carbocycles. The standard InChI is InChI=1S/C12H19NOS/c1-3-10(9-15-4-2)12(14)13-11-7-5-6-8-11/h3,9,11H,1,4-8H2,2H3,(H,13,14)/b10-9+. The molecule has 1 aliphatic carbocycles. The molecule has 1 amide bonds. The van der Waals surface area contributed by atoms with Gasteiger partial charge in [0.25, 0.3) is 5.91 Å². The molecule has 0 aliphatic heterocycles. The molecule has 1 rings (SSSR count). The summed E-state index contributed by atoms with van der Waals surface area (Å²) in [6.45, 7) is 5.73. The molecule has 0 aromatic rings. The average Bonchev–Trinajstić information content (AvgIpc) is 2.71. The maximum atomic E-state index is 11.8. The second-order valence-electron chi connectivity index (χ2n) is 3.69. The van der Waals surface area contributed by atoms with Gasteiger partial charge >= 0.3 is 0 Å². The lowest BCUT2D eigenvalue weighted by atomic mass is 10.2. The zero-order valence-electron chi connectivity index (χ0n) is 9.29. The van der Waals surface area contributed by atoms with Crippen LogP contribution in [0.4, 0.5) is 0 Å². The molecule has 0 spiro atoms. The van der Waals surface area contributed by atoms with Crippen LogP contribution in [-0.2, 0) is 4.79 Å². The van der Waals surface area contributed by atoms with E-state index in [4.69, 9.17) is 0 Å². The molecule has 1 saturated carbocycles. The van der Waals surface area contributed by atoms with Gasteiger partial charge in [0.2, 0.25) is 0 Å². The summed E-state index contributed by atoms with van der Waals surface area (Å²) in [6.07, 6.45) is 6.35. The molecule has 1 N–H and O–H groups in total. The number of thioether (sulfide) groups is 1. The van der Waals surface area contributed by atoms with Gasteiger partial charge in [-0.1, -0.05) is 32.4 Å². The van der Waals surface area contributed by atoms with E-state index in [1.807, 2.05) is 5.41 Å². The molecule has 0 radical (unpaired) electrons. The van der Waals surface area contributed by atoms with Crippen molar-refractivity contribution in [2.24, 2.45) is 0 Å². The highest BCUT2D eigenvalue weighted by Crippen LogP contribution is 2.18. The molecule has 1 fully saturated rings. The summed E-state index contributed by atoms with van der Waals surface area (Å²) in [5.41, 5.74) is 0.689.